The predicted molar refractivity (Wildman–Crippen MR) is 118 cm³/mol. The number of nitro benzene ring substituents is 1. The van der Waals surface area contributed by atoms with Crippen molar-refractivity contribution in [1.29, 1.82) is 0 Å². The van der Waals surface area contributed by atoms with Crippen molar-refractivity contribution < 1.29 is 142 Å². The van der Waals surface area contributed by atoms with Crippen LogP contribution in [0.2, 0.25) is 0 Å². The zero-order chi connectivity index (χ0) is 25.6. The average Bonchev–Trinajstić information content (AvgIpc) is 2.70. The van der Waals surface area contributed by atoms with Crippen LogP contribution in [0.5, 0.6) is 0 Å². The number of carbonyl (C=O) groups excluding carboxylic acids is 1. The average molecular weight is 604 g/mol. The van der Waals surface area contributed by atoms with E-state index in [0.717, 1.165) is 42.5 Å². The summed E-state index contributed by atoms with van der Waals surface area (Å²) >= 11 is 0. The molecule has 186 valence electrons. The van der Waals surface area contributed by atoms with E-state index in [-0.39, 0.29) is 93.0 Å². The van der Waals surface area contributed by atoms with Crippen LogP contribution in [-0.2, 0) is 30.4 Å². The number of rotatable bonds is 6. The van der Waals surface area contributed by atoms with E-state index >= 15 is 0 Å². The fraction of sp³-hybridized carbons (Fsp3) is 0. The van der Waals surface area contributed by atoms with Gasteiger partial charge < -0.3 is 9.60 Å². The molecule has 0 bridgehead atoms. The maximum atomic E-state index is 12.8. The molecule has 3 rings (SSSR count). The van der Waals surface area contributed by atoms with E-state index in [2.05, 4.69) is 5.32 Å². The first-order valence-electron chi connectivity index (χ1n) is 8.60. The molecule has 0 saturated heterocycles. The summed E-state index contributed by atoms with van der Waals surface area (Å²) in [5, 5.41) is 12.1. The van der Waals surface area contributed by atoms with Crippen molar-refractivity contribution in [3.8, 4) is 0 Å². The molecule has 37 heavy (non-hydrogen) atoms. The topological polar surface area (TPSA) is 235 Å². The number of hydrogen-bond acceptors (Lipinski definition) is 9. The molecule has 4 N–H and O–H groups in total. The summed E-state index contributed by atoms with van der Waals surface area (Å²) < 4.78 is 98.9. The van der Waals surface area contributed by atoms with Crippen molar-refractivity contribution in [3.63, 3.8) is 0 Å². The van der Waals surface area contributed by atoms with Crippen LogP contribution in [0, 0.1) is 10.1 Å². The van der Waals surface area contributed by atoms with E-state index in [1.54, 1.807) is 0 Å². The molecule has 0 aromatic heterocycles. The molecule has 0 aliphatic heterocycles. The molecule has 0 fully saturated rings. The number of fused-ring (bicyclic) bond motifs is 1. The van der Waals surface area contributed by atoms with Gasteiger partial charge in [-0.15, -0.1) is 0 Å². The second-order valence-corrected chi connectivity index (χ2v) is 10.8. The van der Waals surface area contributed by atoms with Crippen molar-refractivity contribution in [3.05, 3.63) is 64.2 Å². The Kier molecular flexibility index (Phi) is 13.1. The van der Waals surface area contributed by atoms with E-state index in [9.17, 15) is 53.8 Å². The zero-order valence-electron chi connectivity index (χ0n) is 22.3. The Balaban J connectivity index is -0.00000108. The summed E-state index contributed by atoms with van der Waals surface area (Å²) in [5.41, 5.74) is -1.98. The van der Waals surface area contributed by atoms with Gasteiger partial charge in [-0.05, 0) is 24.3 Å². The van der Waals surface area contributed by atoms with Crippen molar-refractivity contribution >= 4 is 58.4 Å². The van der Waals surface area contributed by atoms with Crippen LogP contribution >= 0.6 is 0 Å². The van der Waals surface area contributed by atoms with Crippen LogP contribution in [0.15, 0.2) is 63.2 Å². The third-order valence-corrected chi connectivity index (χ3v) is 7.17. The van der Waals surface area contributed by atoms with Crippen LogP contribution in [0.3, 0.4) is 0 Å². The molecule has 0 aliphatic rings. The van der Waals surface area contributed by atoms with Crippen LogP contribution < -0.4 is 94.0 Å². The fourth-order valence-corrected chi connectivity index (χ4v) is 5.23. The van der Waals surface area contributed by atoms with Crippen molar-refractivity contribution in [2.45, 2.75) is 14.7 Å². The normalized spacial score (nSPS) is 11.4. The number of nitro groups is 1. The van der Waals surface area contributed by atoms with Crippen LogP contribution in [0.25, 0.3) is 10.8 Å². The van der Waals surface area contributed by atoms with E-state index in [0.29, 0.717) is 6.07 Å². The molecule has 14 nitrogen and oxygen atoms in total. The van der Waals surface area contributed by atoms with Crippen molar-refractivity contribution in [1.82, 2.24) is 0 Å². The van der Waals surface area contributed by atoms with E-state index in [1.807, 2.05) is 0 Å². The van der Waals surface area contributed by atoms with Gasteiger partial charge in [0.2, 0.25) is 0 Å². The number of amides is 1. The molecule has 0 aliphatic carbocycles. The molecule has 20 heteroatoms. The second-order valence-electron chi connectivity index (χ2n) is 6.61. The summed E-state index contributed by atoms with van der Waals surface area (Å²) in [6.45, 7) is 0. The van der Waals surface area contributed by atoms with Gasteiger partial charge in [0.25, 0.3) is 41.9 Å². The van der Waals surface area contributed by atoms with Crippen LogP contribution in [0.1, 0.15) is 14.6 Å². The molecule has 0 heterocycles. The first-order valence-corrected chi connectivity index (χ1v) is 12.9. The third-order valence-electron chi connectivity index (χ3n) is 4.46. The number of benzene rings is 3. The van der Waals surface area contributed by atoms with E-state index < -0.39 is 83.6 Å². The van der Waals surface area contributed by atoms with Crippen LogP contribution in [-0.4, -0.2) is 49.7 Å². The van der Waals surface area contributed by atoms with Gasteiger partial charge in [-0.2, -0.15) is 25.3 Å². The standard InChI is InChI=1S/C17H12N2O12S3.3Na.3H/c20-17(11-5-4-9(19(21)22)8-15(11)34(29,30)31)18-12-6-7-13(32(23,24)25)10-2-1-3-14(16(10)12)33(26,27)28;;;;;;/h1-8H,(H,18,20)(H,23,24,25)(H,26,27,28)(H,29,30,31);;;;;;/q;3*+1;3*-1. The number of carbonyl (C=O) groups is 1. The summed E-state index contributed by atoms with van der Waals surface area (Å²) in [4.78, 5) is 20.0. The Hall–Kier alpha value is -0.480. The smallest absolute Gasteiger partial charge is 1.00 e. The maximum absolute atomic E-state index is 12.8. The Morgan fingerprint density at radius 1 is 0.784 bits per heavy atom. The molecule has 0 unspecified atom stereocenters. The van der Waals surface area contributed by atoms with Gasteiger partial charge in [0.1, 0.15) is 14.7 Å². The minimum Gasteiger partial charge on any atom is -1.00 e. The summed E-state index contributed by atoms with van der Waals surface area (Å²) in [6.07, 6.45) is 0. The molecule has 0 saturated carbocycles. The maximum Gasteiger partial charge on any atom is 1.00 e. The van der Waals surface area contributed by atoms with Gasteiger partial charge in [0.05, 0.1) is 16.2 Å². The van der Waals surface area contributed by atoms with Crippen molar-refractivity contribution in [2.24, 2.45) is 0 Å². The summed E-state index contributed by atoms with van der Waals surface area (Å²) in [5.74, 6) is -1.30. The van der Waals surface area contributed by atoms with Gasteiger partial charge in [-0.25, -0.2) is 0 Å². The molecule has 0 atom stereocenters. The van der Waals surface area contributed by atoms with Gasteiger partial charge in [0, 0.05) is 22.9 Å². The molecular formula is C17H15N2Na3O12S3. The summed E-state index contributed by atoms with van der Waals surface area (Å²) in [6, 6.07) is 6.57. The fourth-order valence-electron chi connectivity index (χ4n) is 3.11. The van der Waals surface area contributed by atoms with Gasteiger partial charge in [0.15, 0.2) is 0 Å². The molecule has 3 aromatic carbocycles. The summed E-state index contributed by atoms with van der Waals surface area (Å²) in [7, 11) is -15.0. The molecule has 1 amide bonds. The molecule has 0 spiro atoms. The van der Waals surface area contributed by atoms with Gasteiger partial charge >= 0.3 is 88.7 Å². The number of nitrogens with zero attached hydrogens (tertiary/aromatic N) is 1. The third kappa shape index (κ3) is 8.26. The SMILES string of the molecule is O=C(Nc1ccc(S(=O)(=O)O)c2cccc(S(=O)(=O)O)c12)c1ccc([N+](=O)[O-])cc1S(=O)(=O)O.[H-].[H-].[H-].[Na+].[Na+].[Na+]. The first-order chi connectivity index (χ1) is 15.5. The largest absolute Gasteiger partial charge is 1.00 e. The Morgan fingerprint density at radius 2 is 1.32 bits per heavy atom. The zero-order valence-corrected chi connectivity index (χ0v) is 27.8. The molecular weight excluding hydrogens is 589 g/mol. The number of anilines is 1. The number of nitrogens with one attached hydrogen (secondary N) is 1. The predicted octanol–water partition coefficient (Wildman–Crippen LogP) is -6.91. The number of non-ortho nitro benzene ring substituents is 1. The van der Waals surface area contributed by atoms with Gasteiger partial charge in [-0.1, -0.05) is 12.1 Å². The molecule has 3 aromatic rings. The minimum absolute atomic E-state index is 0. The second kappa shape index (κ2) is 13.2. The number of hydrogen-bond donors (Lipinski definition) is 4. The van der Waals surface area contributed by atoms with Crippen molar-refractivity contribution in [2.75, 3.05) is 5.32 Å². The monoisotopic (exact) mass is 604 g/mol. The Morgan fingerprint density at radius 3 is 1.81 bits per heavy atom. The van der Waals surface area contributed by atoms with Crippen LogP contribution in [0.4, 0.5) is 11.4 Å². The minimum atomic E-state index is -5.14. The Labute approximate surface area is 280 Å². The van der Waals surface area contributed by atoms with E-state index in [4.69, 9.17) is 0 Å². The quantitative estimate of drug-likeness (QED) is 0.0889. The van der Waals surface area contributed by atoms with Gasteiger partial charge in [-0.3, -0.25) is 28.6 Å². The molecule has 0 radical (unpaired) electrons. The Bertz CT molecular complexity index is 1730. The first kappa shape index (κ1) is 36.5. The van der Waals surface area contributed by atoms with E-state index in [1.165, 1.54) is 0 Å².